The molecule has 128 valence electrons. The summed E-state index contributed by atoms with van der Waals surface area (Å²) in [5, 5.41) is 3.39. The molecule has 0 aromatic carbocycles. The second-order valence-electron chi connectivity index (χ2n) is 6.91. The van der Waals surface area contributed by atoms with Crippen molar-refractivity contribution < 1.29 is 4.74 Å². The summed E-state index contributed by atoms with van der Waals surface area (Å²) < 4.78 is 6.08. The Balaban J connectivity index is 1.83. The molecule has 0 atom stereocenters. The summed E-state index contributed by atoms with van der Waals surface area (Å²) in [6, 6.07) is 1.93. The molecule has 0 aliphatic carbocycles. The predicted octanol–water partition coefficient (Wildman–Crippen LogP) is 2.14. The second kappa shape index (κ2) is 7.73. The zero-order valence-electron chi connectivity index (χ0n) is 15.0. The number of aryl methyl sites for hydroxylation is 1. The van der Waals surface area contributed by atoms with Gasteiger partial charge in [0.1, 0.15) is 5.82 Å². The van der Waals surface area contributed by atoms with Crippen molar-refractivity contribution in [3.63, 3.8) is 0 Å². The van der Waals surface area contributed by atoms with E-state index in [9.17, 15) is 0 Å². The van der Waals surface area contributed by atoms with Crippen LogP contribution >= 0.6 is 0 Å². The topological polar surface area (TPSA) is 62.6 Å². The number of ether oxygens (including phenoxy) is 1. The maximum Gasteiger partial charge on any atom is 0.193 e. The summed E-state index contributed by atoms with van der Waals surface area (Å²) in [4.78, 5) is 15.2. The molecule has 1 N–H and O–H groups in total. The molecule has 0 saturated carbocycles. The minimum Gasteiger partial charge on any atom is -0.372 e. The zero-order chi connectivity index (χ0) is 16.9. The van der Waals surface area contributed by atoms with Gasteiger partial charge in [-0.3, -0.25) is 4.99 Å². The van der Waals surface area contributed by atoms with Crippen LogP contribution in [0.4, 0.5) is 0 Å². The van der Waals surface area contributed by atoms with E-state index in [-0.39, 0.29) is 5.60 Å². The summed E-state index contributed by atoms with van der Waals surface area (Å²) in [6.45, 7) is 10.8. The van der Waals surface area contributed by atoms with Gasteiger partial charge >= 0.3 is 0 Å². The molecule has 2 heterocycles. The van der Waals surface area contributed by atoms with E-state index >= 15 is 0 Å². The first-order chi connectivity index (χ1) is 10.9. The van der Waals surface area contributed by atoms with Gasteiger partial charge < -0.3 is 15.0 Å². The molecule has 1 aliphatic rings. The summed E-state index contributed by atoms with van der Waals surface area (Å²) in [6.07, 6.45) is 4.20. The van der Waals surface area contributed by atoms with Gasteiger partial charge in [0.2, 0.25) is 0 Å². The van der Waals surface area contributed by atoms with Gasteiger partial charge in [-0.05, 0) is 46.6 Å². The number of aromatic nitrogens is 2. The molecule has 1 aliphatic heterocycles. The number of rotatable bonds is 3. The van der Waals surface area contributed by atoms with Crippen molar-refractivity contribution in [3.05, 3.63) is 23.8 Å². The Labute approximate surface area is 139 Å². The SMILES string of the molecule is CN=C(NCc1ccnc(C)n1)N1CCC(OC(C)(C)C)CC1. The molecule has 1 fully saturated rings. The first kappa shape index (κ1) is 17.7. The van der Waals surface area contributed by atoms with E-state index in [2.05, 4.69) is 45.9 Å². The van der Waals surface area contributed by atoms with Crippen LogP contribution in [0.3, 0.4) is 0 Å². The van der Waals surface area contributed by atoms with Crippen molar-refractivity contribution in [2.75, 3.05) is 20.1 Å². The van der Waals surface area contributed by atoms with E-state index in [0.717, 1.165) is 43.4 Å². The van der Waals surface area contributed by atoms with Gasteiger partial charge in [0.05, 0.1) is 23.9 Å². The van der Waals surface area contributed by atoms with E-state index in [0.29, 0.717) is 12.6 Å². The number of nitrogens with zero attached hydrogens (tertiary/aromatic N) is 4. The van der Waals surface area contributed by atoms with Crippen LogP contribution in [0.5, 0.6) is 0 Å². The lowest BCUT2D eigenvalue weighted by Gasteiger charge is -2.36. The maximum absolute atomic E-state index is 6.08. The van der Waals surface area contributed by atoms with Crippen molar-refractivity contribution in [1.82, 2.24) is 20.2 Å². The zero-order valence-corrected chi connectivity index (χ0v) is 15.0. The van der Waals surface area contributed by atoms with E-state index in [1.54, 1.807) is 6.20 Å². The molecule has 1 aromatic heterocycles. The van der Waals surface area contributed by atoms with E-state index in [4.69, 9.17) is 4.74 Å². The standard InChI is InChI=1S/C17H29N5O/c1-13-19-9-6-14(21-13)12-20-16(18-5)22-10-7-15(8-11-22)23-17(2,3)4/h6,9,15H,7-8,10-12H2,1-5H3,(H,18,20). The van der Waals surface area contributed by atoms with Gasteiger partial charge in [0.15, 0.2) is 5.96 Å². The smallest absolute Gasteiger partial charge is 0.193 e. The Morgan fingerprint density at radius 2 is 2.09 bits per heavy atom. The Morgan fingerprint density at radius 1 is 1.39 bits per heavy atom. The van der Waals surface area contributed by atoms with E-state index in [1.807, 2.05) is 20.0 Å². The molecule has 2 rings (SSSR count). The lowest BCUT2D eigenvalue weighted by molar-refractivity contribution is -0.0772. The highest BCUT2D eigenvalue weighted by atomic mass is 16.5. The second-order valence-corrected chi connectivity index (χ2v) is 6.91. The van der Waals surface area contributed by atoms with E-state index in [1.165, 1.54) is 0 Å². The average molecular weight is 319 g/mol. The van der Waals surface area contributed by atoms with Crippen molar-refractivity contribution >= 4 is 5.96 Å². The molecular weight excluding hydrogens is 290 g/mol. The highest BCUT2D eigenvalue weighted by Gasteiger charge is 2.25. The Bertz CT molecular complexity index is 530. The van der Waals surface area contributed by atoms with Gasteiger partial charge in [-0.15, -0.1) is 0 Å². The van der Waals surface area contributed by atoms with Crippen LogP contribution in [-0.2, 0) is 11.3 Å². The van der Waals surface area contributed by atoms with Gasteiger partial charge in [-0.25, -0.2) is 9.97 Å². The molecule has 6 nitrogen and oxygen atoms in total. The molecule has 0 spiro atoms. The van der Waals surface area contributed by atoms with Crippen LogP contribution in [0.15, 0.2) is 17.3 Å². The molecule has 6 heteroatoms. The molecule has 0 unspecified atom stereocenters. The highest BCUT2D eigenvalue weighted by molar-refractivity contribution is 5.79. The lowest BCUT2D eigenvalue weighted by atomic mass is 10.1. The maximum atomic E-state index is 6.08. The first-order valence-corrected chi connectivity index (χ1v) is 8.29. The lowest BCUT2D eigenvalue weighted by Crippen LogP contribution is -2.47. The number of aliphatic imine (C=N–C) groups is 1. The number of hydrogen-bond donors (Lipinski definition) is 1. The van der Waals surface area contributed by atoms with Crippen LogP contribution in [-0.4, -0.2) is 52.7 Å². The summed E-state index contributed by atoms with van der Waals surface area (Å²) >= 11 is 0. The first-order valence-electron chi connectivity index (χ1n) is 8.29. The largest absolute Gasteiger partial charge is 0.372 e. The third kappa shape index (κ3) is 5.78. The molecule has 0 amide bonds. The Morgan fingerprint density at radius 3 is 2.65 bits per heavy atom. The summed E-state index contributed by atoms with van der Waals surface area (Å²) in [5.41, 5.74) is 0.905. The van der Waals surface area contributed by atoms with Crippen LogP contribution in [0, 0.1) is 6.92 Å². The van der Waals surface area contributed by atoms with Crippen molar-refractivity contribution in [1.29, 1.82) is 0 Å². The van der Waals surface area contributed by atoms with Crippen LogP contribution in [0.1, 0.15) is 45.1 Å². The summed E-state index contributed by atoms with van der Waals surface area (Å²) in [7, 11) is 1.82. The van der Waals surface area contributed by atoms with Gasteiger partial charge in [0.25, 0.3) is 0 Å². The minimum atomic E-state index is -0.0718. The van der Waals surface area contributed by atoms with Crippen LogP contribution < -0.4 is 5.32 Å². The van der Waals surface area contributed by atoms with Crippen molar-refractivity contribution in [2.24, 2.45) is 4.99 Å². The minimum absolute atomic E-state index is 0.0718. The van der Waals surface area contributed by atoms with Crippen LogP contribution in [0.2, 0.25) is 0 Å². The number of hydrogen-bond acceptors (Lipinski definition) is 4. The van der Waals surface area contributed by atoms with Crippen LogP contribution in [0.25, 0.3) is 0 Å². The van der Waals surface area contributed by atoms with Gasteiger partial charge in [-0.2, -0.15) is 0 Å². The monoisotopic (exact) mass is 319 g/mol. The molecule has 0 bridgehead atoms. The summed E-state index contributed by atoms with van der Waals surface area (Å²) in [5.74, 6) is 1.72. The predicted molar refractivity (Wildman–Crippen MR) is 92.4 cm³/mol. The third-order valence-electron chi connectivity index (χ3n) is 3.73. The fourth-order valence-corrected chi connectivity index (χ4v) is 2.79. The molecular formula is C17H29N5O. The fourth-order valence-electron chi connectivity index (χ4n) is 2.79. The van der Waals surface area contributed by atoms with Gasteiger partial charge in [-0.1, -0.05) is 0 Å². The quantitative estimate of drug-likeness (QED) is 0.683. The number of likely N-dealkylation sites (tertiary alicyclic amines) is 1. The molecule has 0 radical (unpaired) electrons. The Hall–Kier alpha value is -1.69. The fraction of sp³-hybridized carbons (Fsp3) is 0.706. The number of piperidine rings is 1. The molecule has 1 saturated heterocycles. The average Bonchev–Trinajstić information content (AvgIpc) is 2.48. The third-order valence-corrected chi connectivity index (χ3v) is 3.73. The molecule has 1 aromatic rings. The van der Waals surface area contributed by atoms with Gasteiger partial charge in [0, 0.05) is 26.3 Å². The number of nitrogens with one attached hydrogen (secondary N) is 1. The Kier molecular flexibility index (Phi) is 5.93. The van der Waals surface area contributed by atoms with Crippen molar-refractivity contribution in [2.45, 2.75) is 58.8 Å². The van der Waals surface area contributed by atoms with Crippen molar-refractivity contribution in [3.8, 4) is 0 Å². The highest BCUT2D eigenvalue weighted by Crippen LogP contribution is 2.20. The number of guanidine groups is 1. The molecule has 23 heavy (non-hydrogen) atoms. The van der Waals surface area contributed by atoms with E-state index < -0.39 is 0 Å². The normalized spacial score (nSPS) is 17.4.